The first-order chi connectivity index (χ1) is 10.1. The lowest BCUT2D eigenvalue weighted by atomic mass is 9.92. The number of nitrogens with one attached hydrogen (secondary N) is 1. The standard InChI is InChI=1S/C17H25NO3/c1-12-10-15(11-13(2)21-12)17(20)18-9-8-16(19)14-6-4-3-5-7-14/h3-7,12-13,15-16,19H,8-11H2,1-2H3,(H,18,20). The van der Waals surface area contributed by atoms with Gasteiger partial charge < -0.3 is 15.2 Å². The van der Waals surface area contributed by atoms with Crippen molar-refractivity contribution in [1.82, 2.24) is 5.32 Å². The van der Waals surface area contributed by atoms with Crippen molar-refractivity contribution in [1.29, 1.82) is 0 Å². The highest BCUT2D eigenvalue weighted by Gasteiger charge is 2.29. The smallest absolute Gasteiger partial charge is 0.223 e. The summed E-state index contributed by atoms with van der Waals surface area (Å²) in [6, 6.07) is 9.53. The van der Waals surface area contributed by atoms with Crippen LogP contribution in [0.25, 0.3) is 0 Å². The lowest BCUT2D eigenvalue weighted by Crippen LogP contribution is -2.39. The number of hydrogen-bond acceptors (Lipinski definition) is 3. The van der Waals surface area contributed by atoms with Crippen LogP contribution < -0.4 is 5.32 Å². The van der Waals surface area contributed by atoms with Crippen LogP contribution in [0.1, 0.15) is 44.8 Å². The Morgan fingerprint density at radius 3 is 2.52 bits per heavy atom. The minimum atomic E-state index is -0.529. The lowest BCUT2D eigenvalue weighted by molar-refractivity contribution is -0.133. The molecule has 1 aliphatic heterocycles. The summed E-state index contributed by atoms with van der Waals surface area (Å²) < 4.78 is 5.65. The van der Waals surface area contributed by atoms with E-state index in [4.69, 9.17) is 4.74 Å². The molecule has 0 spiro atoms. The first kappa shape index (κ1) is 16.0. The average molecular weight is 291 g/mol. The molecule has 116 valence electrons. The van der Waals surface area contributed by atoms with Crippen LogP contribution in [0.4, 0.5) is 0 Å². The van der Waals surface area contributed by atoms with E-state index in [-0.39, 0.29) is 24.0 Å². The molecule has 1 amide bonds. The molecule has 1 heterocycles. The summed E-state index contributed by atoms with van der Waals surface area (Å²) in [6.45, 7) is 4.51. The topological polar surface area (TPSA) is 58.6 Å². The van der Waals surface area contributed by atoms with Crippen LogP contribution in [0.2, 0.25) is 0 Å². The number of hydrogen-bond donors (Lipinski definition) is 2. The van der Waals surface area contributed by atoms with E-state index in [1.54, 1.807) is 0 Å². The number of carbonyl (C=O) groups excluding carboxylic acids is 1. The largest absolute Gasteiger partial charge is 0.388 e. The van der Waals surface area contributed by atoms with Crippen molar-refractivity contribution in [3.63, 3.8) is 0 Å². The highest BCUT2D eigenvalue weighted by atomic mass is 16.5. The molecule has 4 heteroatoms. The van der Waals surface area contributed by atoms with E-state index >= 15 is 0 Å². The highest BCUT2D eigenvalue weighted by molar-refractivity contribution is 5.78. The van der Waals surface area contributed by atoms with Gasteiger partial charge in [-0.1, -0.05) is 30.3 Å². The van der Waals surface area contributed by atoms with E-state index in [9.17, 15) is 9.90 Å². The molecule has 3 atom stereocenters. The van der Waals surface area contributed by atoms with Gasteiger partial charge >= 0.3 is 0 Å². The number of aliphatic hydroxyl groups is 1. The molecule has 0 saturated carbocycles. The van der Waals surface area contributed by atoms with Crippen molar-refractivity contribution in [3.05, 3.63) is 35.9 Å². The van der Waals surface area contributed by atoms with Gasteiger partial charge in [0, 0.05) is 12.5 Å². The Balaban J connectivity index is 1.74. The summed E-state index contributed by atoms with van der Waals surface area (Å²) >= 11 is 0. The molecular weight excluding hydrogens is 266 g/mol. The van der Waals surface area contributed by atoms with Gasteiger partial charge in [0.25, 0.3) is 0 Å². The normalized spacial score (nSPS) is 27.1. The quantitative estimate of drug-likeness (QED) is 0.876. The molecule has 1 aromatic carbocycles. The molecule has 0 aliphatic carbocycles. The maximum atomic E-state index is 12.2. The summed E-state index contributed by atoms with van der Waals surface area (Å²) in [7, 11) is 0. The Kier molecular flexibility index (Phi) is 5.76. The molecule has 1 fully saturated rings. The molecule has 21 heavy (non-hydrogen) atoms. The van der Waals surface area contributed by atoms with Gasteiger partial charge in [0.1, 0.15) is 0 Å². The summed E-state index contributed by atoms with van der Waals surface area (Å²) in [5.41, 5.74) is 0.889. The third-order valence-corrected chi connectivity index (χ3v) is 3.97. The molecule has 1 aromatic rings. The Morgan fingerprint density at radius 2 is 1.90 bits per heavy atom. The fraction of sp³-hybridized carbons (Fsp3) is 0.588. The minimum absolute atomic E-state index is 0.0256. The number of carbonyl (C=O) groups is 1. The van der Waals surface area contributed by atoms with E-state index in [1.807, 2.05) is 44.2 Å². The lowest BCUT2D eigenvalue weighted by Gasteiger charge is -2.31. The maximum absolute atomic E-state index is 12.2. The highest BCUT2D eigenvalue weighted by Crippen LogP contribution is 2.24. The van der Waals surface area contributed by atoms with E-state index in [1.165, 1.54) is 0 Å². The van der Waals surface area contributed by atoms with Gasteiger partial charge in [-0.2, -0.15) is 0 Å². The maximum Gasteiger partial charge on any atom is 0.223 e. The fourth-order valence-electron chi connectivity index (χ4n) is 2.94. The van der Waals surface area contributed by atoms with Crippen molar-refractivity contribution in [2.75, 3.05) is 6.54 Å². The zero-order valence-electron chi connectivity index (χ0n) is 12.8. The van der Waals surface area contributed by atoms with Crippen LogP contribution >= 0.6 is 0 Å². The van der Waals surface area contributed by atoms with Crippen LogP contribution in [0.5, 0.6) is 0 Å². The van der Waals surface area contributed by atoms with Gasteiger partial charge in [-0.05, 0) is 38.7 Å². The molecule has 2 rings (SSSR count). The first-order valence-electron chi connectivity index (χ1n) is 7.72. The first-order valence-corrected chi connectivity index (χ1v) is 7.72. The molecule has 1 aliphatic rings. The van der Waals surface area contributed by atoms with Gasteiger partial charge in [0.15, 0.2) is 0 Å². The number of ether oxygens (including phenoxy) is 1. The van der Waals surface area contributed by atoms with Gasteiger partial charge in [-0.25, -0.2) is 0 Å². The molecule has 3 unspecified atom stereocenters. The molecule has 4 nitrogen and oxygen atoms in total. The van der Waals surface area contributed by atoms with Crippen molar-refractivity contribution in [2.24, 2.45) is 5.92 Å². The van der Waals surface area contributed by atoms with E-state index in [2.05, 4.69) is 5.32 Å². The number of amides is 1. The van der Waals surface area contributed by atoms with Crippen molar-refractivity contribution < 1.29 is 14.6 Å². The Morgan fingerprint density at radius 1 is 1.29 bits per heavy atom. The molecule has 0 aromatic heterocycles. The SMILES string of the molecule is CC1CC(C(=O)NCCC(O)c2ccccc2)CC(C)O1. The second-order valence-corrected chi connectivity index (χ2v) is 5.93. The van der Waals surface area contributed by atoms with Crippen LogP contribution in [-0.2, 0) is 9.53 Å². The van der Waals surface area contributed by atoms with Gasteiger partial charge in [0.2, 0.25) is 5.91 Å². The van der Waals surface area contributed by atoms with Crippen molar-refractivity contribution >= 4 is 5.91 Å². The second kappa shape index (κ2) is 7.57. The Hall–Kier alpha value is -1.39. The Labute approximate surface area is 126 Å². The Bertz CT molecular complexity index is 439. The molecular formula is C17H25NO3. The third kappa shape index (κ3) is 4.83. The van der Waals surface area contributed by atoms with Crippen LogP contribution in [0, 0.1) is 5.92 Å². The van der Waals surface area contributed by atoms with E-state index in [0.29, 0.717) is 13.0 Å². The van der Waals surface area contributed by atoms with E-state index in [0.717, 1.165) is 18.4 Å². The number of rotatable bonds is 5. The van der Waals surface area contributed by atoms with Crippen molar-refractivity contribution in [3.8, 4) is 0 Å². The van der Waals surface area contributed by atoms with E-state index < -0.39 is 6.10 Å². The summed E-state index contributed by atoms with van der Waals surface area (Å²) in [6.07, 6.45) is 1.83. The fourth-order valence-corrected chi connectivity index (χ4v) is 2.94. The predicted molar refractivity (Wildman–Crippen MR) is 81.8 cm³/mol. The summed E-state index contributed by atoms with van der Waals surface area (Å²) in [5.74, 6) is 0.106. The van der Waals surface area contributed by atoms with Crippen LogP contribution in [0.3, 0.4) is 0 Å². The zero-order valence-corrected chi connectivity index (χ0v) is 12.8. The van der Waals surface area contributed by atoms with Crippen molar-refractivity contribution in [2.45, 2.75) is 51.4 Å². The molecule has 0 bridgehead atoms. The number of aliphatic hydroxyl groups excluding tert-OH is 1. The second-order valence-electron chi connectivity index (χ2n) is 5.93. The van der Waals surface area contributed by atoms with Crippen LogP contribution in [-0.4, -0.2) is 29.8 Å². The van der Waals surface area contributed by atoms with Gasteiger partial charge in [0.05, 0.1) is 18.3 Å². The minimum Gasteiger partial charge on any atom is -0.388 e. The number of benzene rings is 1. The predicted octanol–water partition coefficient (Wildman–Crippen LogP) is 2.43. The zero-order chi connectivity index (χ0) is 15.2. The van der Waals surface area contributed by atoms with Crippen LogP contribution in [0.15, 0.2) is 30.3 Å². The third-order valence-electron chi connectivity index (χ3n) is 3.97. The molecule has 1 saturated heterocycles. The van der Waals surface area contributed by atoms with Gasteiger partial charge in [-0.3, -0.25) is 4.79 Å². The monoisotopic (exact) mass is 291 g/mol. The summed E-state index contributed by atoms with van der Waals surface area (Å²) in [5, 5.41) is 13.0. The molecule has 2 N–H and O–H groups in total. The average Bonchev–Trinajstić information content (AvgIpc) is 2.47. The molecule has 0 radical (unpaired) electrons. The summed E-state index contributed by atoms with van der Waals surface area (Å²) in [4.78, 5) is 12.2. The van der Waals surface area contributed by atoms with Gasteiger partial charge in [-0.15, -0.1) is 0 Å².